The molecule has 0 aromatic heterocycles. The first-order valence-electron chi connectivity index (χ1n) is 6.47. The van der Waals surface area contributed by atoms with Gasteiger partial charge in [-0.15, -0.1) is 0 Å². The van der Waals surface area contributed by atoms with E-state index in [0.717, 1.165) is 30.8 Å². The first-order valence-corrected chi connectivity index (χ1v) is 6.47. The summed E-state index contributed by atoms with van der Waals surface area (Å²) >= 11 is 0. The summed E-state index contributed by atoms with van der Waals surface area (Å²) in [5.41, 5.74) is 1.10. The van der Waals surface area contributed by atoms with E-state index in [1.807, 2.05) is 31.2 Å². The highest BCUT2D eigenvalue weighted by Crippen LogP contribution is 2.17. The van der Waals surface area contributed by atoms with Gasteiger partial charge < -0.3 is 9.47 Å². The maximum atomic E-state index is 11.4. The molecule has 3 nitrogen and oxygen atoms in total. The molecule has 1 aromatic carbocycles. The highest BCUT2D eigenvalue weighted by molar-refractivity contribution is 5.72. The van der Waals surface area contributed by atoms with E-state index in [-0.39, 0.29) is 11.9 Å². The van der Waals surface area contributed by atoms with Crippen molar-refractivity contribution in [2.45, 2.75) is 33.1 Å². The van der Waals surface area contributed by atoms with Crippen LogP contribution < -0.4 is 4.74 Å². The van der Waals surface area contributed by atoms with Crippen LogP contribution in [0.4, 0.5) is 0 Å². The minimum atomic E-state index is -0.174. The zero-order valence-electron chi connectivity index (χ0n) is 11.4. The molecule has 0 bridgehead atoms. The van der Waals surface area contributed by atoms with Crippen LogP contribution in [-0.4, -0.2) is 19.7 Å². The molecule has 0 aliphatic carbocycles. The average Bonchev–Trinajstić information content (AvgIpc) is 2.38. The van der Waals surface area contributed by atoms with Gasteiger partial charge in [0.1, 0.15) is 5.75 Å². The molecule has 0 spiro atoms. The number of methoxy groups -OCH3 is 1. The van der Waals surface area contributed by atoms with Crippen LogP contribution in [-0.2, 0) is 16.0 Å². The number of unbranched alkanes of at least 4 members (excludes halogenated alkanes) is 1. The Bertz CT molecular complexity index is 374. The van der Waals surface area contributed by atoms with E-state index in [9.17, 15) is 4.79 Å². The van der Waals surface area contributed by atoms with Crippen molar-refractivity contribution in [1.82, 2.24) is 0 Å². The lowest BCUT2D eigenvalue weighted by Gasteiger charge is -2.11. The summed E-state index contributed by atoms with van der Waals surface area (Å²) in [5, 5.41) is 0. The molecule has 0 saturated carbocycles. The van der Waals surface area contributed by atoms with Gasteiger partial charge in [-0.2, -0.15) is 0 Å². The number of ether oxygens (including phenoxy) is 2. The van der Waals surface area contributed by atoms with Gasteiger partial charge in [0, 0.05) is 0 Å². The summed E-state index contributed by atoms with van der Waals surface area (Å²) in [6.45, 7) is 4.75. The third-order valence-corrected chi connectivity index (χ3v) is 2.81. The van der Waals surface area contributed by atoms with Crippen LogP contribution in [0.15, 0.2) is 24.3 Å². The van der Waals surface area contributed by atoms with Crippen molar-refractivity contribution in [3.05, 3.63) is 29.8 Å². The van der Waals surface area contributed by atoms with E-state index < -0.39 is 0 Å². The molecule has 0 heterocycles. The standard InChI is InChI=1S/C15H22O3/c1-4-5-9-18-14-8-6-7-13(11-14)10-12(2)15(16)17-3/h6-8,11-12H,4-5,9-10H2,1-3H3/t12-/m0/s1. The summed E-state index contributed by atoms with van der Waals surface area (Å²) in [6.07, 6.45) is 2.86. The summed E-state index contributed by atoms with van der Waals surface area (Å²) in [6, 6.07) is 7.91. The van der Waals surface area contributed by atoms with E-state index in [2.05, 4.69) is 6.92 Å². The smallest absolute Gasteiger partial charge is 0.308 e. The molecule has 1 rings (SSSR count). The fourth-order valence-corrected chi connectivity index (χ4v) is 1.73. The summed E-state index contributed by atoms with van der Waals surface area (Å²) in [5.74, 6) is 0.575. The van der Waals surface area contributed by atoms with Gasteiger partial charge in [-0.05, 0) is 30.5 Å². The Labute approximate surface area is 109 Å². The molecule has 0 aliphatic rings. The third kappa shape index (κ3) is 4.78. The van der Waals surface area contributed by atoms with E-state index in [4.69, 9.17) is 9.47 Å². The van der Waals surface area contributed by atoms with E-state index >= 15 is 0 Å². The Morgan fingerprint density at radius 1 is 1.39 bits per heavy atom. The Balaban J connectivity index is 2.56. The number of carbonyl (C=O) groups is 1. The second kappa shape index (κ2) is 7.75. The molecular formula is C15H22O3. The summed E-state index contributed by atoms with van der Waals surface area (Å²) < 4.78 is 10.4. The lowest BCUT2D eigenvalue weighted by molar-refractivity contribution is -0.144. The Hall–Kier alpha value is -1.51. The van der Waals surface area contributed by atoms with Crippen LogP contribution >= 0.6 is 0 Å². The lowest BCUT2D eigenvalue weighted by Crippen LogP contribution is -2.15. The zero-order chi connectivity index (χ0) is 13.4. The SMILES string of the molecule is CCCCOc1cccc(C[C@H](C)C(=O)OC)c1. The number of hydrogen-bond acceptors (Lipinski definition) is 3. The fourth-order valence-electron chi connectivity index (χ4n) is 1.73. The van der Waals surface area contributed by atoms with E-state index in [1.54, 1.807) is 0 Å². The van der Waals surface area contributed by atoms with Gasteiger partial charge in [0.15, 0.2) is 0 Å². The maximum absolute atomic E-state index is 11.4. The number of rotatable bonds is 7. The van der Waals surface area contributed by atoms with Gasteiger partial charge in [0.2, 0.25) is 0 Å². The topological polar surface area (TPSA) is 35.5 Å². The van der Waals surface area contributed by atoms with Crippen molar-refractivity contribution in [1.29, 1.82) is 0 Å². The third-order valence-electron chi connectivity index (χ3n) is 2.81. The van der Waals surface area contributed by atoms with Gasteiger partial charge in [-0.25, -0.2) is 0 Å². The summed E-state index contributed by atoms with van der Waals surface area (Å²) in [4.78, 5) is 11.4. The molecule has 0 amide bonds. The molecule has 0 fully saturated rings. The van der Waals surface area contributed by atoms with E-state index in [0.29, 0.717) is 6.42 Å². The molecule has 1 aromatic rings. The quantitative estimate of drug-likeness (QED) is 0.550. The molecule has 0 N–H and O–H groups in total. The van der Waals surface area contributed by atoms with Crippen molar-refractivity contribution < 1.29 is 14.3 Å². The second-order valence-electron chi connectivity index (χ2n) is 4.48. The molecule has 0 aliphatic heterocycles. The number of carbonyl (C=O) groups excluding carboxylic acids is 1. The predicted octanol–water partition coefficient (Wildman–Crippen LogP) is 3.22. The average molecular weight is 250 g/mol. The van der Waals surface area contributed by atoms with Crippen LogP contribution in [0.25, 0.3) is 0 Å². The molecule has 1 atom stereocenters. The van der Waals surface area contributed by atoms with Crippen molar-refractivity contribution in [3.8, 4) is 5.75 Å². The number of hydrogen-bond donors (Lipinski definition) is 0. The summed E-state index contributed by atoms with van der Waals surface area (Å²) in [7, 11) is 1.42. The van der Waals surface area contributed by atoms with Gasteiger partial charge >= 0.3 is 5.97 Å². The Kier molecular flexibility index (Phi) is 6.26. The predicted molar refractivity (Wildman–Crippen MR) is 71.7 cm³/mol. The molecule has 0 radical (unpaired) electrons. The number of esters is 1. The molecule has 3 heteroatoms. The van der Waals surface area contributed by atoms with Crippen molar-refractivity contribution in [2.75, 3.05) is 13.7 Å². The first-order chi connectivity index (χ1) is 8.67. The molecule has 18 heavy (non-hydrogen) atoms. The minimum Gasteiger partial charge on any atom is -0.494 e. The highest BCUT2D eigenvalue weighted by Gasteiger charge is 2.13. The van der Waals surface area contributed by atoms with Crippen molar-refractivity contribution >= 4 is 5.97 Å². The van der Waals surface area contributed by atoms with Crippen LogP contribution in [0.3, 0.4) is 0 Å². The van der Waals surface area contributed by atoms with Gasteiger partial charge in [-0.1, -0.05) is 32.4 Å². The second-order valence-corrected chi connectivity index (χ2v) is 4.48. The van der Waals surface area contributed by atoms with Gasteiger partial charge in [0.05, 0.1) is 19.6 Å². The first kappa shape index (κ1) is 14.6. The van der Waals surface area contributed by atoms with Crippen molar-refractivity contribution in [3.63, 3.8) is 0 Å². The zero-order valence-corrected chi connectivity index (χ0v) is 11.4. The minimum absolute atomic E-state index is 0.124. The van der Waals surface area contributed by atoms with Crippen LogP contribution in [0.5, 0.6) is 5.75 Å². The Morgan fingerprint density at radius 2 is 2.17 bits per heavy atom. The van der Waals surface area contributed by atoms with Crippen LogP contribution in [0.1, 0.15) is 32.3 Å². The molecular weight excluding hydrogens is 228 g/mol. The molecule has 100 valence electrons. The largest absolute Gasteiger partial charge is 0.494 e. The van der Waals surface area contributed by atoms with Crippen molar-refractivity contribution in [2.24, 2.45) is 5.92 Å². The van der Waals surface area contributed by atoms with Crippen LogP contribution in [0.2, 0.25) is 0 Å². The lowest BCUT2D eigenvalue weighted by atomic mass is 10.0. The monoisotopic (exact) mass is 250 g/mol. The highest BCUT2D eigenvalue weighted by atomic mass is 16.5. The molecule has 0 saturated heterocycles. The van der Waals surface area contributed by atoms with Crippen LogP contribution in [0, 0.1) is 5.92 Å². The van der Waals surface area contributed by atoms with Gasteiger partial charge in [-0.3, -0.25) is 4.79 Å². The normalized spacial score (nSPS) is 11.9. The van der Waals surface area contributed by atoms with Gasteiger partial charge in [0.25, 0.3) is 0 Å². The van der Waals surface area contributed by atoms with E-state index in [1.165, 1.54) is 7.11 Å². The number of benzene rings is 1. The molecule has 0 unspecified atom stereocenters. The fraction of sp³-hybridized carbons (Fsp3) is 0.533. The maximum Gasteiger partial charge on any atom is 0.308 e. The Morgan fingerprint density at radius 3 is 2.83 bits per heavy atom.